The fraction of sp³-hybridized carbons (Fsp3) is 0.857. The molecule has 0 aromatic heterocycles. The van der Waals surface area contributed by atoms with Gasteiger partial charge in [-0.25, -0.2) is 0 Å². The first-order chi connectivity index (χ1) is 5.97. The van der Waals surface area contributed by atoms with Crippen molar-refractivity contribution < 1.29 is 17.7 Å². The summed E-state index contributed by atoms with van der Waals surface area (Å²) >= 11 is 0. The first-order valence-corrected chi connectivity index (χ1v) is 4.17. The molecule has 0 unspecified atom stereocenters. The lowest BCUT2D eigenvalue weighted by Gasteiger charge is -2.34. The third-order valence-electron chi connectivity index (χ3n) is 2.31. The van der Waals surface area contributed by atoms with E-state index in [1.54, 1.807) is 6.07 Å². The molecule has 0 atom stereocenters. The number of nitrogens with zero attached hydrogens (tertiary/aromatic N) is 1. The number of rotatable bonds is 2. The smallest absolute Gasteiger partial charge is 0.449 e. The molecular weight excluding hydrogens is 182 g/mol. The first-order valence-electron chi connectivity index (χ1n) is 4.17. The lowest BCUT2D eigenvalue weighted by atomic mass is 9.65. The predicted molar refractivity (Wildman–Crippen MR) is 42.0 cm³/mol. The average Bonchev–Trinajstić information content (AvgIpc) is 2.03. The highest BCUT2D eigenvalue weighted by Gasteiger charge is 2.40. The summed E-state index contributed by atoms with van der Waals surface area (Å²) in [6, 6.07) is 1.79. The van der Waals surface area contributed by atoms with Crippen molar-refractivity contribution in [2.45, 2.75) is 19.2 Å². The van der Waals surface area contributed by atoms with Crippen LogP contribution in [0, 0.1) is 16.7 Å². The maximum absolute atomic E-state index is 12.1. The molecule has 2 nitrogen and oxygen atoms in total. The topological polar surface area (TPSA) is 33.0 Å². The van der Waals surface area contributed by atoms with E-state index in [-0.39, 0.29) is 26.1 Å². The van der Waals surface area contributed by atoms with Gasteiger partial charge >= 0.3 is 6.98 Å². The maximum atomic E-state index is 12.1. The SMILES string of the molecule is N#CC1(C[B-](F)(F)F)CCOCC1. The highest BCUT2D eigenvalue weighted by atomic mass is 19.4. The normalized spacial score (nSPS) is 22.3. The summed E-state index contributed by atoms with van der Waals surface area (Å²) in [5.41, 5.74) is -1.21. The largest absolute Gasteiger partial charge is 0.479 e. The van der Waals surface area contributed by atoms with Gasteiger partial charge in [-0.05, 0) is 12.8 Å². The first kappa shape index (κ1) is 10.4. The molecule has 0 amide bonds. The molecule has 0 aromatic carbocycles. The van der Waals surface area contributed by atoms with Gasteiger partial charge < -0.3 is 17.7 Å². The number of halogens is 3. The minimum atomic E-state index is -4.87. The van der Waals surface area contributed by atoms with E-state index in [9.17, 15) is 12.9 Å². The van der Waals surface area contributed by atoms with E-state index in [4.69, 9.17) is 10.00 Å². The van der Waals surface area contributed by atoms with Crippen LogP contribution in [-0.4, -0.2) is 20.2 Å². The molecule has 1 aliphatic heterocycles. The molecule has 0 aliphatic carbocycles. The summed E-state index contributed by atoms with van der Waals surface area (Å²) in [5, 5.41) is 8.71. The van der Waals surface area contributed by atoms with Crippen molar-refractivity contribution in [3.63, 3.8) is 0 Å². The summed E-state index contributed by atoms with van der Waals surface area (Å²) in [6.07, 6.45) is -0.553. The maximum Gasteiger partial charge on any atom is 0.479 e. The van der Waals surface area contributed by atoms with Gasteiger partial charge in [0.05, 0.1) is 6.07 Å². The zero-order chi connectivity index (χ0) is 9.95. The van der Waals surface area contributed by atoms with E-state index in [2.05, 4.69) is 0 Å². The summed E-state index contributed by atoms with van der Waals surface area (Å²) < 4.78 is 41.4. The van der Waals surface area contributed by atoms with Gasteiger partial charge in [0.2, 0.25) is 0 Å². The zero-order valence-corrected chi connectivity index (χ0v) is 7.10. The van der Waals surface area contributed by atoms with E-state index < -0.39 is 18.7 Å². The Morgan fingerprint density at radius 2 is 1.85 bits per heavy atom. The third kappa shape index (κ3) is 2.92. The van der Waals surface area contributed by atoms with Crippen LogP contribution in [0.3, 0.4) is 0 Å². The van der Waals surface area contributed by atoms with Gasteiger partial charge in [0.1, 0.15) is 0 Å². The van der Waals surface area contributed by atoms with E-state index in [1.807, 2.05) is 0 Å². The van der Waals surface area contributed by atoms with E-state index in [1.165, 1.54) is 0 Å². The fourth-order valence-electron chi connectivity index (χ4n) is 1.57. The van der Waals surface area contributed by atoms with E-state index in [0.29, 0.717) is 0 Å². The Morgan fingerprint density at radius 3 is 2.23 bits per heavy atom. The predicted octanol–water partition coefficient (Wildman–Crippen LogP) is 2.15. The van der Waals surface area contributed by atoms with Crippen molar-refractivity contribution >= 4 is 6.98 Å². The second kappa shape index (κ2) is 3.58. The van der Waals surface area contributed by atoms with Crippen LogP contribution in [-0.2, 0) is 4.74 Å². The summed E-state index contributed by atoms with van der Waals surface area (Å²) in [5.74, 6) is 0. The summed E-state index contributed by atoms with van der Waals surface area (Å²) in [7, 11) is 0. The highest BCUT2D eigenvalue weighted by molar-refractivity contribution is 6.58. The Kier molecular flexibility index (Phi) is 2.86. The molecule has 0 bridgehead atoms. The van der Waals surface area contributed by atoms with Crippen LogP contribution in [0.5, 0.6) is 0 Å². The minimum absolute atomic E-state index is 0.199. The Balaban J connectivity index is 2.65. The molecule has 6 heteroatoms. The molecular formula is C7H10BF3NO-. The Morgan fingerprint density at radius 1 is 1.31 bits per heavy atom. The quantitative estimate of drug-likeness (QED) is 0.628. The Hall–Kier alpha value is -0.695. The summed E-state index contributed by atoms with van der Waals surface area (Å²) in [6.45, 7) is -4.34. The lowest BCUT2D eigenvalue weighted by Crippen LogP contribution is -2.34. The number of ether oxygens (including phenoxy) is 1. The van der Waals surface area contributed by atoms with Crippen molar-refractivity contribution in [1.82, 2.24) is 0 Å². The van der Waals surface area contributed by atoms with Crippen LogP contribution in [0.2, 0.25) is 6.32 Å². The average molecular weight is 192 g/mol. The van der Waals surface area contributed by atoms with E-state index >= 15 is 0 Å². The fourth-order valence-corrected chi connectivity index (χ4v) is 1.57. The monoisotopic (exact) mass is 192 g/mol. The third-order valence-corrected chi connectivity index (χ3v) is 2.31. The van der Waals surface area contributed by atoms with Gasteiger partial charge in [-0.15, -0.1) is 0 Å². The van der Waals surface area contributed by atoms with Crippen LogP contribution < -0.4 is 0 Å². The molecule has 0 radical (unpaired) electrons. The van der Waals surface area contributed by atoms with Crippen molar-refractivity contribution in [3.05, 3.63) is 0 Å². The molecule has 1 rings (SSSR count). The van der Waals surface area contributed by atoms with Gasteiger partial charge in [-0.2, -0.15) is 5.26 Å². The van der Waals surface area contributed by atoms with Gasteiger partial charge in [-0.1, -0.05) is 6.32 Å². The van der Waals surface area contributed by atoms with Crippen LogP contribution >= 0.6 is 0 Å². The molecule has 1 saturated heterocycles. The summed E-state index contributed by atoms with van der Waals surface area (Å²) in [4.78, 5) is 0. The number of hydrogen-bond acceptors (Lipinski definition) is 2. The number of hydrogen-bond donors (Lipinski definition) is 0. The van der Waals surface area contributed by atoms with Crippen LogP contribution in [0.1, 0.15) is 12.8 Å². The molecule has 0 saturated carbocycles. The van der Waals surface area contributed by atoms with Gasteiger partial charge in [-0.3, -0.25) is 0 Å². The number of nitriles is 1. The van der Waals surface area contributed by atoms with Crippen molar-refractivity contribution in [2.75, 3.05) is 13.2 Å². The Labute approximate surface area is 74.7 Å². The minimum Gasteiger partial charge on any atom is -0.449 e. The molecule has 1 aliphatic rings. The van der Waals surface area contributed by atoms with Crippen LogP contribution in [0.25, 0.3) is 0 Å². The molecule has 13 heavy (non-hydrogen) atoms. The van der Waals surface area contributed by atoms with Crippen molar-refractivity contribution in [1.29, 1.82) is 5.26 Å². The molecule has 1 heterocycles. The second-order valence-corrected chi connectivity index (χ2v) is 3.42. The second-order valence-electron chi connectivity index (χ2n) is 3.42. The van der Waals surface area contributed by atoms with E-state index in [0.717, 1.165) is 0 Å². The molecule has 1 fully saturated rings. The van der Waals surface area contributed by atoms with Crippen molar-refractivity contribution in [3.8, 4) is 6.07 Å². The van der Waals surface area contributed by atoms with Gasteiger partial charge in [0, 0.05) is 18.6 Å². The Bertz CT molecular complexity index is 217. The lowest BCUT2D eigenvalue weighted by molar-refractivity contribution is 0.0450. The molecule has 0 aromatic rings. The van der Waals surface area contributed by atoms with Crippen LogP contribution in [0.15, 0.2) is 0 Å². The van der Waals surface area contributed by atoms with Crippen LogP contribution in [0.4, 0.5) is 12.9 Å². The zero-order valence-electron chi connectivity index (χ0n) is 7.10. The molecule has 74 valence electrons. The van der Waals surface area contributed by atoms with Gasteiger partial charge in [0.25, 0.3) is 0 Å². The standard InChI is InChI=1S/C7H10BF3NO/c9-8(10,11)5-7(6-12)1-3-13-4-2-7/h1-5H2/q-1. The molecule has 0 spiro atoms. The highest BCUT2D eigenvalue weighted by Crippen LogP contribution is 2.39. The van der Waals surface area contributed by atoms with Crippen molar-refractivity contribution in [2.24, 2.45) is 5.41 Å². The van der Waals surface area contributed by atoms with Gasteiger partial charge in [0.15, 0.2) is 0 Å². The molecule has 0 N–H and O–H groups in total.